The number of rotatable bonds is 22. The number of sulfone groups is 1. The smallest absolute Gasteiger partial charge is 0.229 e. The summed E-state index contributed by atoms with van der Waals surface area (Å²) >= 11 is 0. The Labute approximate surface area is 174 Å². The number of unbranched alkanes of at least 4 members (excludes halogenated alkanes) is 15. The van der Waals surface area contributed by atoms with Gasteiger partial charge in [0.05, 0.1) is 11.5 Å². The first-order valence-electron chi connectivity index (χ1n) is 11.5. The predicted molar refractivity (Wildman–Crippen MR) is 119 cm³/mol. The average Bonchev–Trinajstić information content (AvgIpc) is 2.65. The average molecular weight is 440 g/mol. The second kappa shape index (κ2) is 20.3. The van der Waals surface area contributed by atoms with Crippen LogP contribution in [0.4, 0.5) is 0 Å². The van der Waals surface area contributed by atoms with E-state index in [2.05, 4.69) is 11.4 Å². The van der Waals surface area contributed by atoms with E-state index in [1.807, 2.05) is 0 Å². The van der Waals surface area contributed by atoms with Gasteiger partial charge in [0, 0.05) is 4.57 Å². The second-order valence-electron chi connectivity index (χ2n) is 7.88. The zero-order valence-corrected chi connectivity index (χ0v) is 19.8. The Hall–Kier alpha value is -0.0300. The molecule has 0 aromatic rings. The van der Waals surface area contributed by atoms with Gasteiger partial charge in [-0.25, -0.2) is 8.42 Å². The first kappa shape index (κ1) is 28.0. The van der Waals surface area contributed by atoms with E-state index in [4.69, 9.17) is 4.89 Å². The van der Waals surface area contributed by atoms with Crippen LogP contribution in [0.1, 0.15) is 116 Å². The Morgan fingerprint density at radius 2 is 1.00 bits per heavy atom. The normalized spacial score (nSPS) is 12.4. The van der Waals surface area contributed by atoms with Crippen LogP contribution in [0, 0.1) is 0 Å². The van der Waals surface area contributed by atoms with Crippen LogP contribution < -0.4 is 0 Å². The van der Waals surface area contributed by atoms with Crippen LogP contribution in [-0.4, -0.2) is 31.4 Å². The molecule has 0 radical (unpaired) electrons. The molecular weight excluding hydrogens is 395 g/mol. The molecule has 0 aromatic heterocycles. The summed E-state index contributed by atoms with van der Waals surface area (Å²) in [6.07, 6.45) is 20.7. The maximum absolute atomic E-state index is 11.8. The molecule has 1 unspecified atom stereocenters. The van der Waals surface area contributed by atoms with Crippen molar-refractivity contribution in [3.63, 3.8) is 0 Å². The van der Waals surface area contributed by atoms with E-state index in [0.717, 1.165) is 19.3 Å². The van der Waals surface area contributed by atoms with Crippen LogP contribution >= 0.6 is 8.25 Å². The molecule has 0 saturated carbocycles. The van der Waals surface area contributed by atoms with Crippen molar-refractivity contribution in [2.24, 2.45) is 0 Å². The molecular formula is C21H44O5PS+. The third-order valence-electron chi connectivity index (χ3n) is 5.11. The molecule has 0 saturated heterocycles. The van der Waals surface area contributed by atoms with Gasteiger partial charge in [0.2, 0.25) is 0 Å². The van der Waals surface area contributed by atoms with Crippen LogP contribution in [-0.2, 0) is 18.9 Å². The zero-order valence-electron chi connectivity index (χ0n) is 18.1. The summed E-state index contributed by atoms with van der Waals surface area (Å²) < 4.78 is 38.5. The van der Waals surface area contributed by atoms with Crippen LogP contribution in [0.2, 0.25) is 0 Å². The van der Waals surface area contributed by atoms with Gasteiger partial charge in [-0.15, -0.1) is 9.42 Å². The Morgan fingerprint density at radius 3 is 1.39 bits per heavy atom. The van der Waals surface area contributed by atoms with Gasteiger partial charge >= 0.3 is 8.25 Å². The molecule has 7 heteroatoms. The lowest BCUT2D eigenvalue weighted by atomic mass is 10.0. The molecule has 0 amide bonds. The Kier molecular flexibility index (Phi) is 20.2. The van der Waals surface area contributed by atoms with E-state index < -0.39 is 18.1 Å². The lowest BCUT2D eigenvalue weighted by Gasteiger charge is -2.04. The Bertz CT molecular complexity index is 454. The quantitative estimate of drug-likeness (QED) is 0.150. The third-order valence-corrected chi connectivity index (χ3v) is 7.34. The van der Waals surface area contributed by atoms with E-state index in [1.165, 1.54) is 83.5 Å². The molecule has 0 fully saturated rings. The molecule has 168 valence electrons. The van der Waals surface area contributed by atoms with Crippen LogP contribution in [0.15, 0.2) is 0 Å². The minimum absolute atomic E-state index is 0.0178. The fraction of sp³-hybridized carbons (Fsp3) is 1.00. The molecule has 0 aliphatic carbocycles. The monoisotopic (exact) mass is 439 g/mol. The van der Waals surface area contributed by atoms with E-state index in [-0.39, 0.29) is 24.5 Å². The molecule has 1 atom stereocenters. The van der Waals surface area contributed by atoms with Crippen molar-refractivity contribution in [1.82, 2.24) is 0 Å². The van der Waals surface area contributed by atoms with Crippen molar-refractivity contribution in [2.45, 2.75) is 116 Å². The zero-order chi connectivity index (χ0) is 20.9. The lowest BCUT2D eigenvalue weighted by molar-refractivity contribution is 0.282. The summed E-state index contributed by atoms with van der Waals surface area (Å²) in [5, 5.41) is 0. The minimum atomic E-state index is -3.06. The van der Waals surface area contributed by atoms with Crippen molar-refractivity contribution in [3.05, 3.63) is 0 Å². The molecule has 28 heavy (non-hydrogen) atoms. The van der Waals surface area contributed by atoms with Gasteiger partial charge in [-0.3, -0.25) is 0 Å². The van der Waals surface area contributed by atoms with Crippen molar-refractivity contribution in [3.8, 4) is 0 Å². The van der Waals surface area contributed by atoms with Gasteiger partial charge < -0.3 is 0 Å². The maximum atomic E-state index is 11.8. The van der Waals surface area contributed by atoms with Gasteiger partial charge in [-0.05, 0) is 12.8 Å². The SMILES string of the molecule is CCCCCCCCCCCCCCCCCCS(=O)(=O)CCCO[P+](=O)O. The van der Waals surface area contributed by atoms with Crippen molar-refractivity contribution in [1.29, 1.82) is 0 Å². The summed E-state index contributed by atoms with van der Waals surface area (Å²) in [6, 6.07) is 0. The van der Waals surface area contributed by atoms with Crippen molar-refractivity contribution < 1.29 is 22.4 Å². The van der Waals surface area contributed by atoms with E-state index >= 15 is 0 Å². The van der Waals surface area contributed by atoms with E-state index in [1.54, 1.807) is 0 Å². The Balaban J connectivity index is 3.27. The van der Waals surface area contributed by atoms with Gasteiger partial charge in [-0.2, -0.15) is 0 Å². The molecule has 0 aliphatic rings. The first-order chi connectivity index (χ1) is 13.5. The molecule has 0 rings (SSSR count). The van der Waals surface area contributed by atoms with Crippen LogP contribution in [0.5, 0.6) is 0 Å². The predicted octanol–water partition coefficient (Wildman–Crippen LogP) is 6.72. The Morgan fingerprint density at radius 1 is 0.643 bits per heavy atom. The first-order valence-corrected chi connectivity index (χ1v) is 14.4. The van der Waals surface area contributed by atoms with Crippen molar-refractivity contribution in [2.75, 3.05) is 18.1 Å². The van der Waals surface area contributed by atoms with Gasteiger partial charge in [-0.1, -0.05) is 103 Å². The molecule has 0 spiro atoms. The standard InChI is InChI=1S/C21H43O5PS/c1-2-3-4-5-6-7-8-9-10-11-12-13-14-15-16-17-20-28(24,25)21-18-19-26-27(22)23/h2-21H2,1H3/p+1. The molecule has 0 heterocycles. The van der Waals surface area contributed by atoms with Gasteiger partial charge in [0.15, 0.2) is 0 Å². The maximum Gasteiger partial charge on any atom is 0.694 e. The highest BCUT2D eigenvalue weighted by molar-refractivity contribution is 7.91. The molecule has 1 N–H and O–H groups in total. The van der Waals surface area contributed by atoms with Crippen molar-refractivity contribution >= 4 is 18.1 Å². The molecule has 0 aromatic carbocycles. The summed E-state index contributed by atoms with van der Waals surface area (Å²) in [6.45, 7) is 2.28. The van der Waals surface area contributed by atoms with Gasteiger partial charge in [0.25, 0.3) is 0 Å². The van der Waals surface area contributed by atoms with Crippen LogP contribution in [0.3, 0.4) is 0 Å². The molecule has 0 aliphatic heterocycles. The number of hydrogen-bond acceptors (Lipinski definition) is 4. The fourth-order valence-electron chi connectivity index (χ4n) is 3.39. The summed E-state index contributed by atoms with van der Waals surface area (Å²) in [7, 11) is -5.68. The topological polar surface area (TPSA) is 80.7 Å². The highest BCUT2D eigenvalue weighted by Gasteiger charge is 2.14. The van der Waals surface area contributed by atoms with Crippen LogP contribution in [0.25, 0.3) is 0 Å². The highest BCUT2D eigenvalue weighted by atomic mass is 32.2. The largest absolute Gasteiger partial charge is 0.694 e. The number of hydrogen-bond donors (Lipinski definition) is 1. The minimum Gasteiger partial charge on any atom is -0.229 e. The lowest BCUT2D eigenvalue weighted by Crippen LogP contribution is -2.12. The van der Waals surface area contributed by atoms with E-state index in [9.17, 15) is 13.0 Å². The van der Waals surface area contributed by atoms with Gasteiger partial charge in [0.1, 0.15) is 16.4 Å². The summed E-state index contributed by atoms with van der Waals surface area (Å²) in [4.78, 5) is 8.48. The molecule has 0 bridgehead atoms. The summed E-state index contributed by atoms with van der Waals surface area (Å²) in [5.41, 5.74) is 0. The molecule has 5 nitrogen and oxygen atoms in total. The third kappa shape index (κ3) is 22.3. The second-order valence-corrected chi connectivity index (χ2v) is 10.9. The summed E-state index contributed by atoms with van der Waals surface area (Å²) in [5.74, 6) is 0.256. The fourth-order valence-corrected chi connectivity index (χ4v) is 5.08. The highest BCUT2D eigenvalue weighted by Crippen LogP contribution is 2.15. The van der Waals surface area contributed by atoms with E-state index in [0.29, 0.717) is 0 Å².